The molecule has 0 saturated heterocycles. The fraction of sp³-hybridized carbons (Fsp3) is 0. The zero-order valence-electron chi connectivity index (χ0n) is 9.75. The van der Waals surface area contributed by atoms with E-state index < -0.39 is 0 Å². The molecule has 0 radical (unpaired) electrons. The molecular formula is C12H6Br2N2S4. The lowest BCUT2D eigenvalue weighted by Crippen LogP contribution is -2.05. The van der Waals surface area contributed by atoms with Crippen LogP contribution in [0.2, 0.25) is 0 Å². The minimum absolute atomic E-state index is 1.15. The molecule has 0 aliphatic carbocycles. The highest BCUT2D eigenvalue weighted by Gasteiger charge is 2.32. The highest BCUT2D eigenvalue weighted by molar-refractivity contribution is 9.11. The van der Waals surface area contributed by atoms with Gasteiger partial charge in [0.25, 0.3) is 0 Å². The van der Waals surface area contributed by atoms with Crippen molar-refractivity contribution in [2.45, 2.75) is 0 Å². The van der Waals surface area contributed by atoms with Crippen LogP contribution in [0, 0.1) is 0 Å². The smallest absolute Gasteiger partial charge is 0.109 e. The maximum Gasteiger partial charge on any atom is 0.109 e. The molecule has 1 aliphatic heterocycles. The Kier molecular flexibility index (Phi) is 3.64. The first-order valence-electron chi connectivity index (χ1n) is 5.57. The molecule has 2 nitrogen and oxygen atoms in total. The van der Waals surface area contributed by atoms with Crippen LogP contribution in [0.4, 0.5) is 21.4 Å². The monoisotopic (exact) mass is 464 g/mol. The third kappa shape index (κ3) is 2.26. The minimum Gasteiger partial charge on any atom is -0.254 e. The number of rotatable bonds is 2. The fourth-order valence-corrected chi connectivity index (χ4v) is 6.72. The van der Waals surface area contributed by atoms with Gasteiger partial charge in [-0.05, 0) is 56.1 Å². The Labute approximate surface area is 149 Å². The largest absolute Gasteiger partial charge is 0.254 e. The lowest BCUT2D eigenvalue weighted by Gasteiger charge is -2.16. The lowest BCUT2D eigenvalue weighted by atomic mass is 10.4. The van der Waals surface area contributed by atoms with Gasteiger partial charge < -0.3 is 0 Å². The number of thiophene rings is 3. The first kappa shape index (κ1) is 13.7. The van der Waals surface area contributed by atoms with Crippen LogP contribution in [0.1, 0.15) is 0 Å². The van der Waals surface area contributed by atoms with E-state index in [4.69, 9.17) is 0 Å². The molecule has 0 spiro atoms. The second-order valence-electron chi connectivity index (χ2n) is 3.97. The first-order valence-corrected chi connectivity index (χ1v) is 10.5. The van der Waals surface area contributed by atoms with Crippen molar-refractivity contribution in [2.24, 2.45) is 0 Å². The molecule has 0 N–H and O–H groups in total. The van der Waals surface area contributed by atoms with Gasteiger partial charge in [-0.3, -0.25) is 8.61 Å². The van der Waals surface area contributed by atoms with Crippen LogP contribution in [0.5, 0.6) is 0 Å². The summed E-state index contributed by atoms with van der Waals surface area (Å²) in [5.41, 5.74) is 2.53. The molecule has 0 aromatic carbocycles. The third-order valence-electron chi connectivity index (χ3n) is 2.74. The van der Waals surface area contributed by atoms with Gasteiger partial charge in [-0.1, -0.05) is 0 Å². The SMILES string of the molecule is Brc1ccc(N2SN(c3ccc(Br)s3)c3cscc32)s1. The number of fused-ring (bicyclic) bond motifs is 1. The van der Waals surface area contributed by atoms with E-state index in [-0.39, 0.29) is 0 Å². The molecule has 0 bridgehead atoms. The Hall–Kier alpha value is 0.01000. The van der Waals surface area contributed by atoms with Crippen molar-refractivity contribution in [3.05, 3.63) is 42.6 Å². The van der Waals surface area contributed by atoms with Crippen LogP contribution in [0.25, 0.3) is 0 Å². The summed E-state index contributed by atoms with van der Waals surface area (Å²) in [7, 11) is 0. The summed E-state index contributed by atoms with van der Waals surface area (Å²) < 4.78 is 6.88. The maximum absolute atomic E-state index is 3.54. The number of nitrogens with zero attached hydrogens (tertiary/aromatic N) is 2. The zero-order chi connectivity index (χ0) is 13.7. The van der Waals surface area contributed by atoms with Gasteiger partial charge in [0.05, 0.1) is 31.1 Å². The number of halogens is 2. The van der Waals surface area contributed by atoms with E-state index in [1.165, 1.54) is 21.4 Å². The molecule has 3 aromatic rings. The summed E-state index contributed by atoms with van der Waals surface area (Å²) in [6.45, 7) is 0. The van der Waals surface area contributed by atoms with Gasteiger partial charge in [-0.2, -0.15) is 0 Å². The van der Waals surface area contributed by atoms with Gasteiger partial charge in [-0.25, -0.2) is 0 Å². The van der Waals surface area contributed by atoms with Crippen molar-refractivity contribution < 1.29 is 0 Å². The maximum atomic E-state index is 3.54. The fourth-order valence-electron chi connectivity index (χ4n) is 1.90. The summed E-state index contributed by atoms with van der Waals surface area (Å²) in [6.07, 6.45) is 0. The summed E-state index contributed by atoms with van der Waals surface area (Å²) in [4.78, 5) is 0. The number of anilines is 4. The molecule has 4 heterocycles. The van der Waals surface area contributed by atoms with Crippen LogP contribution in [0.15, 0.2) is 42.6 Å². The van der Waals surface area contributed by atoms with E-state index in [0.717, 1.165) is 7.57 Å². The van der Waals surface area contributed by atoms with Crippen LogP contribution in [0.3, 0.4) is 0 Å². The molecule has 8 heteroatoms. The van der Waals surface area contributed by atoms with Gasteiger partial charge in [0.1, 0.15) is 10.0 Å². The van der Waals surface area contributed by atoms with E-state index >= 15 is 0 Å². The Balaban J connectivity index is 1.76. The van der Waals surface area contributed by atoms with Crippen molar-refractivity contribution in [3.63, 3.8) is 0 Å². The summed E-state index contributed by atoms with van der Waals surface area (Å²) >= 11 is 14.1. The average molecular weight is 466 g/mol. The van der Waals surface area contributed by atoms with Crippen molar-refractivity contribution >= 4 is 99.4 Å². The van der Waals surface area contributed by atoms with Gasteiger partial charge >= 0.3 is 0 Å². The predicted octanol–water partition coefficient (Wildman–Crippen LogP) is 7.25. The van der Waals surface area contributed by atoms with E-state index in [2.05, 4.69) is 75.5 Å². The van der Waals surface area contributed by atoms with Crippen molar-refractivity contribution in [1.82, 2.24) is 0 Å². The average Bonchev–Trinajstić information content (AvgIpc) is 3.12. The quantitative estimate of drug-likeness (QED) is 0.368. The molecular weight excluding hydrogens is 460 g/mol. The minimum atomic E-state index is 1.15. The van der Waals surface area contributed by atoms with Gasteiger partial charge in [-0.15, -0.1) is 34.0 Å². The number of hydrogen-bond donors (Lipinski definition) is 0. The van der Waals surface area contributed by atoms with Gasteiger partial charge in [0.15, 0.2) is 0 Å². The molecule has 1 aliphatic rings. The predicted molar refractivity (Wildman–Crippen MR) is 100 cm³/mol. The van der Waals surface area contributed by atoms with Crippen LogP contribution in [-0.2, 0) is 0 Å². The standard InChI is InChI=1S/C12H6Br2N2S4/c13-9-1-3-11(18-9)15-7-5-17-6-8(7)16(20-15)12-4-2-10(14)19-12/h1-6H. The normalized spacial score (nSPS) is 14.1. The van der Waals surface area contributed by atoms with Gasteiger partial charge in [0, 0.05) is 10.8 Å². The Morgan fingerprint density at radius 3 is 1.65 bits per heavy atom. The van der Waals surface area contributed by atoms with Crippen molar-refractivity contribution in [2.75, 3.05) is 8.61 Å². The second kappa shape index (κ2) is 5.33. The topological polar surface area (TPSA) is 6.48 Å². The summed E-state index contributed by atoms with van der Waals surface area (Å²) in [6, 6.07) is 8.49. The molecule has 0 fully saturated rings. The van der Waals surface area contributed by atoms with Crippen LogP contribution in [-0.4, -0.2) is 0 Å². The molecule has 0 saturated carbocycles. The van der Waals surface area contributed by atoms with E-state index in [9.17, 15) is 0 Å². The van der Waals surface area contributed by atoms with E-state index in [0.29, 0.717) is 0 Å². The van der Waals surface area contributed by atoms with Crippen molar-refractivity contribution in [1.29, 1.82) is 0 Å². The van der Waals surface area contributed by atoms with Crippen molar-refractivity contribution in [3.8, 4) is 0 Å². The molecule has 0 unspecified atom stereocenters. The lowest BCUT2D eigenvalue weighted by molar-refractivity contribution is 1.55. The molecule has 102 valence electrons. The van der Waals surface area contributed by atoms with Crippen LogP contribution < -0.4 is 8.61 Å². The molecule has 0 amide bonds. The van der Waals surface area contributed by atoms with E-state index in [1.807, 2.05) is 0 Å². The molecule has 0 atom stereocenters. The summed E-state index contributed by atoms with van der Waals surface area (Å²) in [5, 5.41) is 6.89. The Morgan fingerprint density at radius 2 is 1.25 bits per heavy atom. The molecule has 3 aromatic heterocycles. The highest BCUT2D eigenvalue weighted by atomic mass is 79.9. The third-order valence-corrected chi connectivity index (χ3v) is 8.02. The molecule has 20 heavy (non-hydrogen) atoms. The Bertz CT molecular complexity index is 702. The van der Waals surface area contributed by atoms with Gasteiger partial charge in [0.2, 0.25) is 0 Å². The highest BCUT2D eigenvalue weighted by Crippen LogP contribution is 2.56. The zero-order valence-corrected chi connectivity index (χ0v) is 16.2. The Morgan fingerprint density at radius 1 is 0.750 bits per heavy atom. The number of hydrogen-bond acceptors (Lipinski definition) is 6. The van der Waals surface area contributed by atoms with E-state index in [1.54, 1.807) is 46.1 Å². The first-order chi connectivity index (χ1) is 9.72. The molecule has 4 rings (SSSR count). The van der Waals surface area contributed by atoms with Crippen LogP contribution >= 0.6 is 78.0 Å². The summed E-state index contributed by atoms with van der Waals surface area (Å²) in [5.74, 6) is 0. The second-order valence-corrected chi connectivity index (χ2v) is 10.5.